The lowest BCUT2D eigenvalue weighted by Crippen LogP contribution is -2.47. The first-order chi connectivity index (χ1) is 8.58. The highest BCUT2D eigenvalue weighted by Crippen LogP contribution is 2.27. The molecule has 0 unspecified atom stereocenters. The second-order valence-corrected chi connectivity index (χ2v) is 4.57. The number of rotatable bonds is 6. The quantitative estimate of drug-likeness (QED) is 0.724. The van der Waals surface area contributed by atoms with Crippen molar-refractivity contribution in [1.29, 1.82) is 0 Å². The third-order valence-corrected chi connectivity index (χ3v) is 3.23. The summed E-state index contributed by atoms with van der Waals surface area (Å²) in [7, 11) is 0. The smallest absolute Gasteiger partial charge is 0.323 e. The minimum Gasteiger partial charge on any atom is -0.480 e. The Morgan fingerprint density at radius 3 is 2.44 bits per heavy atom. The number of carboxylic acids is 1. The number of carboxylic acid groups (broad SMARTS) is 1. The zero-order valence-corrected chi connectivity index (χ0v) is 10.8. The van der Waals surface area contributed by atoms with E-state index in [2.05, 4.69) is 5.92 Å². The summed E-state index contributed by atoms with van der Waals surface area (Å²) < 4.78 is 0. The van der Waals surface area contributed by atoms with Gasteiger partial charge in [0.25, 0.3) is 0 Å². The van der Waals surface area contributed by atoms with Crippen molar-refractivity contribution in [2.24, 2.45) is 5.92 Å². The Hall–Kier alpha value is -1.70. The summed E-state index contributed by atoms with van der Waals surface area (Å²) in [5, 5.41) is 8.77. The molecule has 1 aliphatic rings. The maximum absolute atomic E-state index is 12.2. The van der Waals surface area contributed by atoms with E-state index in [1.165, 1.54) is 11.3 Å². The second-order valence-electron chi connectivity index (χ2n) is 4.57. The Balaban J connectivity index is 2.59. The van der Waals surface area contributed by atoms with E-state index in [0.29, 0.717) is 19.0 Å². The summed E-state index contributed by atoms with van der Waals surface area (Å²) in [6.07, 6.45) is 8.69. The molecule has 0 aromatic carbocycles. The van der Waals surface area contributed by atoms with E-state index < -0.39 is 5.97 Å². The average molecular weight is 252 g/mol. The van der Waals surface area contributed by atoms with Crippen molar-refractivity contribution in [3.8, 4) is 12.3 Å². The van der Waals surface area contributed by atoms with Crippen molar-refractivity contribution >= 4 is 12.0 Å². The normalized spacial score (nSPS) is 14.4. The van der Waals surface area contributed by atoms with Crippen LogP contribution in [0.15, 0.2) is 0 Å². The summed E-state index contributed by atoms with van der Waals surface area (Å²) in [4.78, 5) is 25.8. The summed E-state index contributed by atoms with van der Waals surface area (Å²) in [6.45, 7) is 2.87. The summed E-state index contributed by atoms with van der Waals surface area (Å²) in [5.74, 6) is 1.85. The number of aliphatic carboxylic acids is 1. The van der Waals surface area contributed by atoms with Gasteiger partial charge in [-0.05, 0) is 25.7 Å². The van der Waals surface area contributed by atoms with E-state index >= 15 is 0 Å². The van der Waals surface area contributed by atoms with Gasteiger partial charge in [0.05, 0.1) is 6.54 Å². The van der Waals surface area contributed by atoms with Crippen LogP contribution in [0.2, 0.25) is 0 Å². The Morgan fingerprint density at radius 2 is 2.06 bits per heavy atom. The van der Waals surface area contributed by atoms with Crippen LogP contribution in [0.3, 0.4) is 0 Å². The molecule has 0 spiro atoms. The molecule has 0 atom stereocenters. The Bertz CT molecular complexity index is 345. The lowest BCUT2D eigenvalue weighted by atomic mass is 9.85. The van der Waals surface area contributed by atoms with Crippen molar-refractivity contribution < 1.29 is 14.7 Å². The molecule has 0 heterocycles. The minimum atomic E-state index is -1.04. The van der Waals surface area contributed by atoms with Crippen LogP contribution in [0.25, 0.3) is 0 Å². The van der Waals surface area contributed by atoms with Crippen LogP contribution >= 0.6 is 0 Å². The highest BCUT2D eigenvalue weighted by Gasteiger charge is 2.26. The second kappa shape index (κ2) is 6.90. The van der Waals surface area contributed by atoms with Crippen LogP contribution in [0.5, 0.6) is 0 Å². The maximum Gasteiger partial charge on any atom is 0.323 e. The first-order valence-electron chi connectivity index (χ1n) is 6.27. The summed E-state index contributed by atoms with van der Waals surface area (Å²) in [6, 6.07) is -0.273. The predicted octanol–water partition coefficient (Wildman–Crippen LogP) is 1.25. The van der Waals surface area contributed by atoms with E-state index in [4.69, 9.17) is 11.5 Å². The number of hydrogen-bond donors (Lipinski definition) is 1. The van der Waals surface area contributed by atoms with Crippen LogP contribution in [-0.2, 0) is 4.79 Å². The lowest BCUT2D eigenvalue weighted by Gasteiger charge is -2.34. The molecule has 100 valence electrons. The van der Waals surface area contributed by atoms with Gasteiger partial charge in [-0.25, -0.2) is 4.79 Å². The standard InChI is InChI=1S/C13H20N2O3/c1-3-8-15(10-12(16)17)13(18)14(4-2)9-11-6-5-7-11/h1,11H,4-10H2,2H3,(H,16,17). The van der Waals surface area contributed by atoms with Gasteiger partial charge in [0.2, 0.25) is 0 Å². The van der Waals surface area contributed by atoms with Crippen LogP contribution in [0, 0.1) is 18.3 Å². The molecule has 5 nitrogen and oxygen atoms in total. The maximum atomic E-state index is 12.2. The average Bonchev–Trinajstić information content (AvgIpc) is 2.26. The molecule has 1 saturated carbocycles. The summed E-state index contributed by atoms with van der Waals surface area (Å²) in [5.41, 5.74) is 0. The molecule has 1 fully saturated rings. The number of carbonyl (C=O) groups is 2. The Labute approximate surface area is 108 Å². The number of amides is 2. The van der Waals surface area contributed by atoms with Crippen LogP contribution in [-0.4, -0.2) is 53.1 Å². The van der Waals surface area contributed by atoms with Gasteiger partial charge in [-0.3, -0.25) is 4.79 Å². The first-order valence-corrected chi connectivity index (χ1v) is 6.27. The molecule has 1 N–H and O–H groups in total. The van der Waals surface area contributed by atoms with Crippen LogP contribution in [0.1, 0.15) is 26.2 Å². The molecule has 1 aliphatic carbocycles. The number of carbonyl (C=O) groups excluding carboxylic acids is 1. The third kappa shape index (κ3) is 3.95. The van der Waals surface area contributed by atoms with Gasteiger partial charge in [-0.1, -0.05) is 12.3 Å². The van der Waals surface area contributed by atoms with Crippen LogP contribution < -0.4 is 0 Å². The molecule has 0 aliphatic heterocycles. The van der Waals surface area contributed by atoms with Gasteiger partial charge in [0.1, 0.15) is 6.54 Å². The predicted molar refractivity (Wildman–Crippen MR) is 68.0 cm³/mol. The van der Waals surface area contributed by atoms with E-state index in [-0.39, 0.29) is 19.1 Å². The van der Waals surface area contributed by atoms with E-state index in [0.717, 1.165) is 12.8 Å². The molecule has 0 saturated heterocycles. The molecule has 2 amide bonds. The van der Waals surface area contributed by atoms with Crippen molar-refractivity contribution in [3.05, 3.63) is 0 Å². The Kier molecular flexibility index (Phi) is 5.50. The van der Waals surface area contributed by atoms with Crippen molar-refractivity contribution in [1.82, 2.24) is 9.80 Å². The third-order valence-electron chi connectivity index (χ3n) is 3.23. The van der Waals surface area contributed by atoms with Gasteiger partial charge in [0.15, 0.2) is 0 Å². The molecule has 0 aromatic heterocycles. The first kappa shape index (κ1) is 14.4. The van der Waals surface area contributed by atoms with E-state index in [9.17, 15) is 9.59 Å². The summed E-state index contributed by atoms with van der Waals surface area (Å²) >= 11 is 0. The molecular weight excluding hydrogens is 232 g/mol. The fourth-order valence-corrected chi connectivity index (χ4v) is 1.99. The zero-order chi connectivity index (χ0) is 13.5. The molecule has 18 heavy (non-hydrogen) atoms. The molecule has 0 radical (unpaired) electrons. The molecular formula is C13H20N2O3. The highest BCUT2D eigenvalue weighted by molar-refractivity contribution is 5.80. The van der Waals surface area contributed by atoms with Gasteiger partial charge in [0, 0.05) is 13.1 Å². The topological polar surface area (TPSA) is 60.9 Å². The SMILES string of the molecule is C#CCN(CC(=O)O)C(=O)N(CC)CC1CCC1. The Morgan fingerprint density at radius 1 is 1.39 bits per heavy atom. The number of terminal acetylenes is 1. The highest BCUT2D eigenvalue weighted by atomic mass is 16.4. The molecule has 0 bridgehead atoms. The van der Waals surface area contributed by atoms with Crippen LogP contribution in [0.4, 0.5) is 4.79 Å². The molecule has 0 aromatic rings. The molecule has 1 rings (SSSR count). The van der Waals surface area contributed by atoms with E-state index in [1.54, 1.807) is 4.90 Å². The number of hydrogen-bond acceptors (Lipinski definition) is 2. The number of urea groups is 1. The van der Waals surface area contributed by atoms with Crippen molar-refractivity contribution in [3.63, 3.8) is 0 Å². The zero-order valence-electron chi connectivity index (χ0n) is 10.8. The largest absolute Gasteiger partial charge is 0.480 e. The van der Waals surface area contributed by atoms with E-state index in [1.807, 2.05) is 6.92 Å². The van der Waals surface area contributed by atoms with Crippen molar-refractivity contribution in [2.75, 3.05) is 26.2 Å². The van der Waals surface area contributed by atoms with Gasteiger partial charge < -0.3 is 14.9 Å². The minimum absolute atomic E-state index is 0.0340. The number of nitrogens with zero attached hydrogens (tertiary/aromatic N) is 2. The fraction of sp³-hybridized carbons (Fsp3) is 0.692. The van der Waals surface area contributed by atoms with Gasteiger partial charge in [-0.2, -0.15) is 0 Å². The fourth-order valence-electron chi connectivity index (χ4n) is 1.99. The van der Waals surface area contributed by atoms with Crippen molar-refractivity contribution in [2.45, 2.75) is 26.2 Å². The van der Waals surface area contributed by atoms with Gasteiger partial charge in [-0.15, -0.1) is 6.42 Å². The molecule has 5 heteroatoms. The lowest BCUT2D eigenvalue weighted by molar-refractivity contribution is -0.137. The monoisotopic (exact) mass is 252 g/mol. The van der Waals surface area contributed by atoms with Gasteiger partial charge >= 0.3 is 12.0 Å².